The molecule has 0 aliphatic heterocycles. The molecule has 0 saturated carbocycles. The van der Waals surface area contributed by atoms with E-state index < -0.39 is 5.91 Å². The van der Waals surface area contributed by atoms with E-state index in [2.05, 4.69) is 10.3 Å². The van der Waals surface area contributed by atoms with Crippen molar-refractivity contribution in [1.82, 2.24) is 10.2 Å². The molecule has 1 aromatic heterocycles. The third-order valence-corrected chi connectivity index (χ3v) is 4.15. The van der Waals surface area contributed by atoms with Gasteiger partial charge in [-0.05, 0) is 42.3 Å². The number of rotatable bonds is 7. The molecule has 1 heterocycles. The minimum Gasteiger partial charge on any atom is -0.493 e. The van der Waals surface area contributed by atoms with Gasteiger partial charge in [-0.15, -0.1) is 24.0 Å². The van der Waals surface area contributed by atoms with E-state index in [1.165, 1.54) is 0 Å². The lowest BCUT2D eigenvalue weighted by Gasteiger charge is -2.23. The van der Waals surface area contributed by atoms with Crippen LogP contribution in [-0.2, 0) is 13.1 Å². The number of amides is 1. The maximum Gasteiger partial charge on any atom is 0.284 e. The molecular formula is C19H27IN4O4. The first-order chi connectivity index (χ1) is 12.9. The van der Waals surface area contributed by atoms with Gasteiger partial charge in [0.15, 0.2) is 23.2 Å². The molecule has 154 valence electrons. The SMILES string of the molecule is CN=C(NCc1ccc(C(N)=O)o1)N(C)Cc1cc(OC)c(OC)cc1C.I. The van der Waals surface area contributed by atoms with Gasteiger partial charge in [0.1, 0.15) is 5.76 Å². The Morgan fingerprint density at radius 2 is 1.89 bits per heavy atom. The quantitative estimate of drug-likeness (QED) is 0.343. The second-order valence-electron chi connectivity index (χ2n) is 6.02. The maximum absolute atomic E-state index is 11.1. The first-order valence-corrected chi connectivity index (χ1v) is 8.41. The summed E-state index contributed by atoms with van der Waals surface area (Å²) in [6, 6.07) is 7.17. The van der Waals surface area contributed by atoms with Gasteiger partial charge in [-0.2, -0.15) is 0 Å². The van der Waals surface area contributed by atoms with Crippen molar-refractivity contribution < 1.29 is 18.7 Å². The maximum atomic E-state index is 11.1. The average Bonchev–Trinajstić information content (AvgIpc) is 3.12. The van der Waals surface area contributed by atoms with Crippen molar-refractivity contribution in [2.45, 2.75) is 20.0 Å². The summed E-state index contributed by atoms with van der Waals surface area (Å²) in [4.78, 5) is 17.4. The zero-order valence-electron chi connectivity index (χ0n) is 16.7. The third kappa shape index (κ3) is 5.78. The molecule has 3 N–H and O–H groups in total. The summed E-state index contributed by atoms with van der Waals surface area (Å²) in [5.74, 6) is 2.21. The van der Waals surface area contributed by atoms with Gasteiger partial charge in [-0.1, -0.05) is 0 Å². The van der Waals surface area contributed by atoms with Crippen LogP contribution in [0.5, 0.6) is 11.5 Å². The number of primary amides is 1. The summed E-state index contributed by atoms with van der Waals surface area (Å²) >= 11 is 0. The van der Waals surface area contributed by atoms with Gasteiger partial charge in [-0.3, -0.25) is 9.79 Å². The zero-order valence-corrected chi connectivity index (χ0v) is 19.1. The van der Waals surface area contributed by atoms with E-state index in [4.69, 9.17) is 19.6 Å². The number of carbonyl (C=O) groups excluding carboxylic acids is 1. The van der Waals surface area contributed by atoms with Gasteiger partial charge in [0.05, 0.1) is 20.8 Å². The fourth-order valence-electron chi connectivity index (χ4n) is 2.68. The molecule has 0 radical (unpaired) electrons. The highest BCUT2D eigenvalue weighted by Gasteiger charge is 2.13. The number of hydrogen-bond acceptors (Lipinski definition) is 5. The lowest BCUT2D eigenvalue weighted by Crippen LogP contribution is -2.38. The molecule has 0 aliphatic rings. The molecule has 0 spiro atoms. The van der Waals surface area contributed by atoms with Crippen molar-refractivity contribution >= 4 is 35.8 Å². The van der Waals surface area contributed by atoms with Crippen LogP contribution in [0.3, 0.4) is 0 Å². The number of ether oxygens (including phenoxy) is 2. The van der Waals surface area contributed by atoms with Crippen molar-refractivity contribution in [1.29, 1.82) is 0 Å². The number of furan rings is 1. The number of nitrogens with zero attached hydrogens (tertiary/aromatic N) is 2. The Labute approximate surface area is 182 Å². The molecule has 2 rings (SSSR count). The number of carbonyl (C=O) groups is 1. The minimum absolute atomic E-state index is 0. The number of guanidine groups is 1. The van der Waals surface area contributed by atoms with Crippen molar-refractivity contribution in [2.75, 3.05) is 28.3 Å². The van der Waals surface area contributed by atoms with Crippen LogP contribution in [-0.4, -0.2) is 45.1 Å². The van der Waals surface area contributed by atoms with Gasteiger partial charge < -0.3 is 29.8 Å². The molecule has 0 saturated heterocycles. The molecule has 0 unspecified atom stereocenters. The molecule has 2 aromatic rings. The van der Waals surface area contributed by atoms with Crippen LogP contribution in [0.25, 0.3) is 0 Å². The Bertz CT molecular complexity index is 835. The van der Waals surface area contributed by atoms with Gasteiger partial charge in [-0.25, -0.2) is 0 Å². The van der Waals surface area contributed by atoms with Gasteiger partial charge in [0.25, 0.3) is 5.91 Å². The Kier molecular flexibility index (Phi) is 9.10. The monoisotopic (exact) mass is 502 g/mol. The summed E-state index contributed by atoms with van der Waals surface area (Å²) in [5, 5.41) is 3.20. The van der Waals surface area contributed by atoms with Crippen molar-refractivity contribution in [3.63, 3.8) is 0 Å². The Morgan fingerprint density at radius 3 is 2.43 bits per heavy atom. The smallest absolute Gasteiger partial charge is 0.284 e. The normalized spacial score (nSPS) is 10.8. The van der Waals surface area contributed by atoms with Crippen LogP contribution in [0.2, 0.25) is 0 Å². The first kappa shape index (κ1) is 23.6. The Morgan fingerprint density at radius 1 is 1.25 bits per heavy atom. The van der Waals surface area contributed by atoms with Gasteiger partial charge in [0, 0.05) is 20.6 Å². The number of nitrogens with one attached hydrogen (secondary N) is 1. The van der Waals surface area contributed by atoms with E-state index in [1.54, 1.807) is 33.4 Å². The van der Waals surface area contributed by atoms with Crippen LogP contribution in [0.1, 0.15) is 27.4 Å². The molecule has 0 atom stereocenters. The molecule has 1 aromatic carbocycles. The number of aryl methyl sites for hydroxylation is 1. The van der Waals surface area contributed by atoms with Crippen molar-refractivity contribution in [3.8, 4) is 11.5 Å². The predicted octanol–water partition coefficient (Wildman–Crippen LogP) is 2.53. The number of halogens is 1. The standard InChI is InChI=1S/C19H26N4O4.HI/c1-12-8-16(25-4)17(26-5)9-13(12)11-23(3)19(21-2)22-10-14-6-7-15(27-14)18(20)24;/h6-9H,10-11H2,1-5H3,(H2,20,24)(H,21,22);1H. The molecule has 1 amide bonds. The van der Waals surface area contributed by atoms with E-state index in [0.717, 1.165) is 11.1 Å². The second-order valence-corrected chi connectivity index (χ2v) is 6.02. The largest absolute Gasteiger partial charge is 0.493 e. The van der Waals surface area contributed by atoms with Gasteiger partial charge >= 0.3 is 0 Å². The summed E-state index contributed by atoms with van der Waals surface area (Å²) in [6.45, 7) is 3.03. The predicted molar refractivity (Wildman–Crippen MR) is 119 cm³/mol. The van der Waals surface area contributed by atoms with E-state index in [0.29, 0.717) is 36.3 Å². The summed E-state index contributed by atoms with van der Waals surface area (Å²) < 4.78 is 16.1. The molecule has 28 heavy (non-hydrogen) atoms. The number of methoxy groups -OCH3 is 2. The summed E-state index contributed by atoms with van der Waals surface area (Å²) in [7, 11) is 6.87. The number of hydrogen-bond donors (Lipinski definition) is 2. The molecule has 8 nitrogen and oxygen atoms in total. The van der Waals surface area contributed by atoms with E-state index >= 15 is 0 Å². The number of aliphatic imine (C=N–C) groups is 1. The van der Waals surface area contributed by atoms with E-state index in [9.17, 15) is 4.79 Å². The third-order valence-electron chi connectivity index (χ3n) is 4.15. The number of nitrogens with two attached hydrogens (primary N) is 1. The molecular weight excluding hydrogens is 475 g/mol. The molecule has 0 fully saturated rings. The Hall–Kier alpha value is -2.43. The van der Waals surface area contributed by atoms with Crippen LogP contribution in [0.15, 0.2) is 33.7 Å². The van der Waals surface area contributed by atoms with E-state index in [-0.39, 0.29) is 29.7 Å². The molecule has 0 aliphatic carbocycles. The fourth-order valence-corrected chi connectivity index (χ4v) is 2.68. The summed E-state index contributed by atoms with van der Waals surface area (Å²) in [6.07, 6.45) is 0. The average molecular weight is 502 g/mol. The highest BCUT2D eigenvalue weighted by atomic mass is 127. The Balaban J connectivity index is 0.00000392. The zero-order chi connectivity index (χ0) is 20.0. The van der Waals surface area contributed by atoms with Crippen molar-refractivity contribution in [3.05, 3.63) is 46.9 Å². The number of benzene rings is 1. The van der Waals surface area contributed by atoms with Crippen LogP contribution in [0, 0.1) is 6.92 Å². The minimum atomic E-state index is -0.591. The molecule has 0 bridgehead atoms. The highest BCUT2D eigenvalue weighted by molar-refractivity contribution is 14.0. The van der Waals surface area contributed by atoms with Gasteiger partial charge in [0.2, 0.25) is 0 Å². The second kappa shape index (κ2) is 10.8. The fraction of sp³-hybridized carbons (Fsp3) is 0.368. The van der Waals surface area contributed by atoms with Crippen LogP contribution in [0.4, 0.5) is 0 Å². The van der Waals surface area contributed by atoms with Crippen molar-refractivity contribution in [2.24, 2.45) is 10.7 Å². The van der Waals surface area contributed by atoms with Crippen LogP contribution < -0.4 is 20.5 Å². The topological polar surface area (TPSA) is 102 Å². The molecule has 9 heteroatoms. The lowest BCUT2D eigenvalue weighted by molar-refractivity contribution is 0.0972. The summed E-state index contributed by atoms with van der Waals surface area (Å²) in [5.41, 5.74) is 7.38. The van der Waals surface area contributed by atoms with E-state index in [1.807, 2.05) is 31.0 Å². The highest BCUT2D eigenvalue weighted by Crippen LogP contribution is 2.30. The first-order valence-electron chi connectivity index (χ1n) is 8.41. The van der Waals surface area contributed by atoms with Crippen LogP contribution >= 0.6 is 24.0 Å². The lowest BCUT2D eigenvalue weighted by atomic mass is 10.1.